The number of hydrogen-bond acceptors (Lipinski definition) is 8. The van der Waals surface area contributed by atoms with Gasteiger partial charge in [-0.05, 0) is 36.4 Å². The highest BCUT2D eigenvalue weighted by Gasteiger charge is 2.11. The molecule has 0 radical (unpaired) electrons. The molecule has 0 aliphatic heterocycles. The number of nitrogens with one attached hydrogen (secondary N) is 2. The van der Waals surface area contributed by atoms with Gasteiger partial charge in [0, 0.05) is 18.1 Å². The van der Waals surface area contributed by atoms with Gasteiger partial charge in [-0.15, -0.1) is 0 Å². The molecule has 4 aromatic heterocycles. The number of hydrogen-bond donors (Lipinski definition) is 3. The van der Waals surface area contributed by atoms with Crippen molar-refractivity contribution in [2.24, 2.45) is 0 Å². The highest BCUT2D eigenvalue weighted by Crippen LogP contribution is 2.17. The van der Waals surface area contributed by atoms with Crippen molar-refractivity contribution in [2.45, 2.75) is 6.54 Å². The van der Waals surface area contributed by atoms with E-state index in [2.05, 4.69) is 30.6 Å². The molecule has 0 bridgehead atoms. The number of furan rings is 1. The smallest absolute Gasteiger partial charge is 0.275 e. The predicted octanol–water partition coefficient (Wildman–Crippen LogP) is 2.97. The van der Waals surface area contributed by atoms with Crippen molar-refractivity contribution in [3.8, 4) is 11.5 Å². The molecule has 9 heteroatoms. The lowest BCUT2D eigenvalue weighted by Crippen LogP contribution is -2.14. The average Bonchev–Trinajstić information content (AvgIpc) is 3.28. The van der Waals surface area contributed by atoms with Crippen LogP contribution < -0.4 is 16.4 Å². The first-order valence-electron chi connectivity index (χ1n) is 8.75. The number of aromatic nitrogens is 4. The van der Waals surface area contributed by atoms with E-state index in [1.54, 1.807) is 49.0 Å². The van der Waals surface area contributed by atoms with Crippen molar-refractivity contribution in [3.63, 3.8) is 0 Å². The van der Waals surface area contributed by atoms with E-state index >= 15 is 0 Å². The molecular weight excluding hydrogens is 370 g/mol. The van der Waals surface area contributed by atoms with Crippen molar-refractivity contribution < 1.29 is 9.21 Å². The Morgan fingerprint density at radius 2 is 1.97 bits per heavy atom. The Morgan fingerprint density at radius 1 is 1.03 bits per heavy atom. The van der Waals surface area contributed by atoms with Crippen LogP contribution in [-0.2, 0) is 6.54 Å². The second-order valence-electron chi connectivity index (χ2n) is 6.04. The quantitative estimate of drug-likeness (QED) is 0.460. The zero-order valence-electron chi connectivity index (χ0n) is 15.2. The van der Waals surface area contributed by atoms with Gasteiger partial charge < -0.3 is 20.8 Å². The first kappa shape index (κ1) is 18.1. The molecule has 144 valence electrons. The number of carbonyl (C=O) groups excluding carboxylic acids is 1. The molecule has 0 fully saturated rings. The topological polar surface area (TPSA) is 132 Å². The summed E-state index contributed by atoms with van der Waals surface area (Å²) in [6, 6.07) is 10.6. The molecular formula is C20H17N7O2. The van der Waals surface area contributed by atoms with Crippen LogP contribution in [0, 0.1) is 0 Å². The lowest BCUT2D eigenvalue weighted by Gasteiger charge is -2.09. The summed E-state index contributed by atoms with van der Waals surface area (Å²) in [7, 11) is 0. The van der Waals surface area contributed by atoms with Crippen LogP contribution in [0.2, 0.25) is 0 Å². The van der Waals surface area contributed by atoms with Gasteiger partial charge in [-0.25, -0.2) is 15.0 Å². The third-order valence-electron chi connectivity index (χ3n) is 4.03. The summed E-state index contributed by atoms with van der Waals surface area (Å²) in [6.45, 7) is 0.428. The van der Waals surface area contributed by atoms with E-state index in [0.717, 1.165) is 11.4 Å². The van der Waals surface area contributed by atoms with E-state index in [4.69, 9.17) is 10.2 Å². The Balaban J connectivity index is 1.41. The molecule has 4 aromatic rings. The molecule has 29 heavy (non-hydrogen) atoms. The maximum atomic E-state index is 12.4. The number of anilines is 3. The van der Waals surface area contributed by atoms with Crippen LogP contribution >= 0.6 is 0 Å². The largest absolute Gasteiger partial charge is 0.463 e. The number of rotatable bonds is 6. The molecule has 4 rings (SSSR count). The molecule has 0 aromatic carbocycles. The Bertz CT molecular complexity index is 1110. The summed E-state index contributed by atoms with van der Waals surface area (Å²) in [6.07, 6.45) is 7.69. The summed E-state index contributed by atoms with van der Waals surface area (Å²) in [5.74, 6) is 0.628. The molecule has 9 nitrogen and oxygen atoms in total. The third-order valence-corrected chi connectivity index (χ3v) is 4.03. The Kier molecular flexibility index (Phi) is 5.10. The minimum absolute atomic E-state index is 0.194. The molecule has 0 atom stereocenters. The maximum Gasteiger partial charge on any atom is 0.275 e. The van der Waals surface area contributed by atoms with Crippen LogP contribution in [0.15, 0.2) is 71.9 Å². The minimum atomic E-state index is -0.370. The molecule has 0 saturated heterocycles. The molecule has 0 saturated carbocycles. The van der Waals surface area contributed by atoms with E-state index in [9.17, 15) is 4.79 Å². The number of nitrogen functional groups attached to an aromatic ring is 1. The first-order chi connectivity index (χ1) is 14.2. The van der Waals surface area contributed by atoms with Gasteiger partial charge in [-0.3, -0.25) is 9.78 Å². The lowest BCUT2D eigenvalue weighted by atomic mass is 10.3. The summed E-state index contributed by atoms with van der Waals surface area (Å²) >= 11 is 0. The van der Waals surface area contributed by atoms with Crippen LogP contribution in [0.3, 0.4) is 0 Å². The SMILES string of the molecule is Nc1ncccc1NCc1cc(NC(=O)c2cnc(-c3ccco3)cn2)ccn1. The van der Waals surface area contributed by atoms with Crippen LogP contribution in [-0.4, -0.2) is 25.8 Å². The van der Waals surface area contributed by atoms with E-state index in [1.165, 1.54) is 12.4 Å². The van der Waals surface area contributed by atoms with Gasteiger partial charge in [0.15, 0.2) is 5.76 Å². The van der Waals surface area contributed by atoms with Crippen LogP contribution in [0.4, 0.5) is 17.2 Å². The fourth-order valence-corrected chi connectivity index (χ4v) is 2.60. The standard InChI is InChI=1S/C20H17N7O2/c21-19-15(3-1-6-23-19)24-10-14-9-13(5-7-22-14)27-20(28)17-12-25-16(11-26-17)18-4-2-8-29-18/h1-9,11-12,24H,10H2,(H2,21,23)(H,22,27,28). The monoisotopic (exact) mass is 387 g/mol. The fourth-order valence-electron chi connectivity index (χ4n) is 2.60. The van der Waals surface area contributed by atoms with Crippen molar-refractivity contribution in [1.29, 1.82) is 0 Å². The molecule has 4 N–H and O–H groups in total. The van der Waals surface area contributed by atoms with Gasteiger partial charge in [-0.2, -0.15) is 0 Å². The number of nitrogens with two attached hydrogens (primary N) is 1. The van der Waals surface area contributed by atoms with Crippen LogP contribution in [0.5, 0.6) is 0 Å². The molecule has 0 unspecified atom stereocenters. The predicted molar refractivity (Wildman–Crippen MR) is 108 cm³/mol. The van der Waals surface area contributed by atoms with Crippen molar-refractivity contribution >= 4 is 23.1 Å². The van der Waals surface area contributed by atoms with Crippen molar-refractivity contribution in [3.05, 3.63) is 78.8 Å². The van der Waals surface area contributed by atoms with Crippen LogP contribution in [0.1, 0.15) is 16.2 Å². The van der Waals surface area contributed by atoms with Crippen LogP contribution in [0.25, 0.3) is 11.5 Å². The summed E-state index contributed by atoms with van der Waals surface area (Å²) < 4.78 is 5.26. The van der Waals surface area contributed by atoms with E-state index in [-0.39, 0.29) is 11.6 Å². The maximum absolute atomic E-state index is 12.4. The Labute approximate surface area is 166 Å². The summed E-state index contributed by atoms with van der Waals surface area (Å²) in [5.41, 5.74) is 8.61. The summed E-state index contributed by atoms with van der Waals surface area (Å²) in [5, 5.41) is 5.96. The second kappa shape index (κ2) is 8.17. The number of nitrogens with zero attached hydrogens (tertiary/aromatic N) is 4. The molecule has 0 aliphatic carbocycles. The second-order valence-corrected chi connectivity index (χ2v) is 6.04. The van der Waals surface area contributed by atoms with E-state index < -0.39 is 0 Å². The van der Waals surface area contributed by atoms with Gasteiger partial charge in [-0.1, -0.05) is 0 Å². The highest BCUT2D eigenvalue weighted by molar-refractivity contribution is 6.02. The number of amides is 1. The Hall–Kier alpha value is -4.27. The van der Waals surface area contributed by atoms with Gasteiger partial charge >= 0.3 is 0 Å². The zero-order valence-corrected chi connectivity index (χ0v) is 15.2. The van der Waals surface area contributed by atoms with Gasteiger partial charge in [0.2, 0.25) is 0 Å². The fraction of sp³-hybridized carbons (Fsp3) is 0.0500. The average molecular weight is 387 g/mol. The Morgan fingerprint density at radius 3 is 2.72 bits per heavy atom. The zero-order chi connectivity index (χ0) is 20.1. The van der Waals surface area contributed by atoms with E-state index in [0.29, 0.717) is 29.5 Å². The van der Waals surface area contributed by atoms with Crippen molar-refractivity contribution in [1.82, 2.24) is 19.9 Å². The molecule has 1 amide bonds. The molecule has 4 heterocycles. The van der Waals surface area contributed by atoms with Gasteiger partial charge in [0.05, 0.1) is 36.6 Å². The van der Waals surface area contributed by atoms with Crippen molar-refractivity contribution in [2.75, 3.05) is 16.4 Å². The van der Waals surface area contributed by atoms with Gasteiger partial charge in [0.1, 0.15) is 17.2 Å². The highest BCUT2D eigenvalue weighted by atomic mass is 16.3. The molecule has 0 aliphatic rings. The first-order valence-corrected chi connectivity index (χ1v) is 8.75. The summed E-state index contributed by atoms with van der Waals surface area (Å²) in [4.78, 5) is 29.1. The minimum Gasteiger partial charge on any atom is -0.463 e. The van der Waals surface area contributed by atoms with Gasteiger partial charge in [0.25, 0.3) is 5.91 Å². The van der Waals surface area contributed by atoms with E-state index in [1.807, 2.05) is 6.07 Å². The number of pyridine rings is 2. The number of carbonyl (C=O) groups is 1. The third kappa shape index (κ3) is 4.35. The molecule has 0 spiro atoms. The lowest BCUT2D eigenvalue weighted by molar-refractivity contribution is 0.102. The normalized spacial score (nSPS) is 10.5.